The van der Waals surface area contributed by atoms with Crippen LogP contribution >= 0.6 is 0 Å². The molecule has 2 heterocycles. The van der Waals surface area contributed by atoms with Gasteiger partial charge in [-0.25, -0.2) is 9.67 Å². The average Bonchev–Trinajstić information content (AvgIpc) is 3.05. The first-order valence-electron chi connectivity index (χ1n) is 9.13. The highest BCUT2D eigenvalue weighted by atomic mass is 15.4. The van der Waals surface area contributed by atoms with E-state index in [0.29, 0.717) is 6.04 Å². The fourth-order valence-electron chi connectivity index (χ4n) is 3.10. The van der Waals surface area contributed by atoms with Crippen molar-refractivity contribution < 1.29 is 0 Å². The Kier molecular flexibility index (Phi) is 5.68. The lowest BCUT2D eigenvalue weighted by Gasteiger charge is -2.25. The first-order valence-corrected chi connectivity index (χ1v) is 9.13. The molecule has 0 saturated heterocycles. The van der Waals surface area contributed by atoms with Crippen molar-refractivity contribution in [3.05, 3.63) is 47.0 Å². The van der Waals surface area contributed by atoms with Crippen LogP contribution in [0.4, 0.5) is 0 Å². The van der Waals surface area contributed by atoms with Crippen LogP contribution in [0.5, 0.6) is 0 Å². The smallest absolute Gasteiger partial charge is 0.191 e. The van der Waals surface area contributed by atoms with Crippen LogP contribution in [-0.4, -0.2) is 40.4 Å². The molecule has 0 saturated carbocycles. The number of guanidine groups is 1. The molecule has 134 valence electrons. The number of benzene rings is 1. The molecule has 1 aliphatic rings. The Hall–Kier alpha value is -2.37. The number of fused-ring (bicyclic) bond motifs is 1. The van der Waals surface area contributed by atoms with E-state index in [1.54, 1.807) is 0 Å². The highest BCUT2D eigenvalue weighted by molar-refractivity contribution is 5.79. The molecule has 2 N–H and O–H groups in total. The third kappa shape index (κ3) is 4.59. The van der Waals surface area contributed by atoms with Gasteiger partial charge in [0.05, 0.1) is 6.54 Å². The van der Waals surface area contributed by atoms with Gasteiger partial charge in [-0.1, -0.05) is 36.8 Å². The molecule has 0 aliphatic carbocycles. The maximum Gasteiger partial charge on any atom is 0.191 e. The first kappa shape index (κ1) is 17.5. The number of nitrogens with one attached hydrogen (secondary N) is 2. The Labute approximate surface area is 149 Å². The fraction of sp³-hybridized carbons (Fsp3) is 0.526. The van der Waals surface area contributed by atoms with E-state index in [4.69, 9.17) is 0 Å². The molecule has 0 spiro atoms. The van der Waals surface area contributed by atoms with Crippen LogP contribution in [0.2, 0.25) is 0 Å². The van der Waals surface area contributed by atoms with E-state index in [1.165, 1.54) is 11.1 Å². The van der Waals surface area contributed by atoms with E-state index in [1.807, 2.05) is 11.7 Å². The van der Waals surface area contributed by atoms with E-state index < -0.39 is 0 Å². The Bertz CT molecular complexity index is 716. The molecular weight excluding hydrogens is 312 g/mol. The molecule has 0 amide bonds. The van der Waals surface area contributed by atoms with Gasteiger partial charge in [0.1, 0.15) is 5.82 Å². The summed E-state index contributed by atoms with van der Waals surface area (Å²) in [5.74, 6) is 2.91. The number of hydrogen-bond donors (Lipinski definition) is 2. The van der Waals surface area contributed by atoms with Crippen LogP contribution in [0.3, 0.4) is 0 Å². The van der Waals surface area contributed by atoms with Crippen molar-refractivity contribution in [1.29, 1.82) is 0 Å². The molecule has 1 atom stereocenters. The van der Waals surface area contributed by atoms with Crippen molar-refractivity contribution in [1.82, 2.24) is 25.4 Å². The topological polar surface area (TPSA) is 67.1 Å². The van der Waals surface area contributed by atoms with Gasteiger partial charge in [0.2, 0.25) is 0 Å². The van der Waals surface area contributed by atoms with Crippen molar-refractivity contribution in [2.75, 3.05) is 13.6 Å². The van der Waals surface area contributed by atoms with Crippen molar-refractivity contribution in [3.8, 4) is 0 Å². The quantitative estimate of drug-likeness (QED) is 0.644. The molecule has 1 aromatic carbocycles. The molecule has 0 fully saturated rings. The van der Waals surface area contributed by atoms with Gasteiger partial charge in [0.25, 0.3) is 0 Å². The standard InChI is InChI=1S/C19H28N6/c1-4-17-23-18-10-9-16(13-25(18)24-17)22-19(20-3)21-12-11-15-7-5-14(2)6-8-15/h5-8,16H,4,9-13H2,1-3H3,(H2,20,21,22). The van der Waals surface area contributed by atoms with Gasteiger partial charge in [-0.2, -0.15) is 5.10 Å². The minimum atomic E-state index is 0.337. The zero-order valence-corrected chi connectivity index (χ0v) is 15.4. The van der Waals surface area contributed by atoms with Crippen LogP contribution in [0.1, 0.15) is 36.1 Å². The minimum Gasteiger partial charge on any atom is -0.356 e. The Morgan fingerprint density at radius 2 is 2.12 bits per heavy atom. The van der Waals surface area contributed by atoms with Crippen LogP contribution in [0.15, 0.2) is 29.3 Å². The third-order valence-corrected chi connectivity index (χ3v) is 4.61. The van der Waals surface area contributed by atoms with E-state index >= 15 is 0 Å². The molecule has 0 radical (unpaired) electrons. The van der Waals surface area contributed by atoms with Crippen LogP contribution in [0.25, 0.3) is 0 Å². The number of hydrogen-bond acceptors (Lipinski definition) is 3. The second kappa shape index (κ2) is 8.14. The van der Waals surface area contributed by atoms with Gasteiger partial charge in [0.15, 0.2) is 11.8 Å². The summed E-state index contributed by atoms with van der Waals surface area (Å²) in [4.78, 5) is 8.92. The predicted octanol–water partition coefficient (Wildman–Crippen LogP) is 1.87. The van der Waals surface area contributed by atoms with Gasteiger partial charge in [-0.3, -0.25) is 4.99 Å². The number of aliphatic imine (C=N–C) groups is 1. The largest absolute Gasteiger partial charge is 0.356 e. The van der Waals surface area contributed by atoms with E-state index in [2.05, 4.69) is 63.8 Å². The van der Waals surface area contributed by atoms with Gasteiger partial charge in [-0.05, 0) is 25.3 Å². The number of aryl methyl sites for hydroxylation is 3. The molecule has 3 rings (SSSR count). The lowest BCUT2D eigenvalue weighted by molar-refractivity contribution is 0.392. The molecule has 0 bridgehead atoms. The SMILES string of the molecule is CCc1nc2n(n1)CC(NC(=NC)NCCc1ccc(C)cc1)CC2. The van der Waals surface area contributed by atoms with Crippen molar-refractivity contribution in [2.45, 2.75) is 52.1 Å². The van der Waals surface area contributed by atoms with E-state index in [0.717, 1.165) is 56.4 Å². The van der Waals surface area contributed by atoms with E-state index in [-0.39, 0.29) is 0 Å². The minimum absolute atomic E-state index is 0.337. The Morgan fingerprint density at radius 3 is 2.84 bits per heavy atom. The zero-order valence-electron chi connectivity index (χ0n) is 15.4. The third-order valence-electron chi connectivity index (χ3n) is 4.61. The normalized spacial score (nSPS) is 17.2. The number of rotatable bonds is 5. The van der Waals surface area contributed by atoms with Crippen molar-refractivity contribution in [3.63, 3.8) is 0 Å². The van der Waals surface area contributed by atoms with Gasteiger partial charge < -0.3 is 10.6 Å². The van der Waals surface area contributed by atoms with Gasteiger partial charge >= 0.3 is 0 Å². The van der Waals surface area contributed by atoms with Crippen LogP contribution in [-0.2, 0) is 25.8 Å². The molecule has 6 heteroatoms. The highest BCUT2D eigenvalue weighted by Crippen LogP contribution is 2.13. The summed E-state index contributed by atoms with van der Waals surface area (Å²) >= 11 is 0. The average molecular weight is 340 g/mol. The second-order valence-electron chi connectivity index (χ2n) is 6.59. The highest BCUT2D eigenvalue weighted by Gasteiger charge is 2.21. The molecule has 25 heavy (non-hydrogen) atoms. The molecule has 1 aromatic heterocycles. The Morgan fingerprint density at radius 1 is 1.32 bits per heavy atom. The molecule has 6 nitrogen and oxygen atoms in total. The second-order valence-corrected chi connectivity index (χ2v) is 6.59. The predicted molar refractivity (Wildman–Crippen MR) is 101 cm³/mol. The number of nitrogens with zero attached hydrogens (tertiary/aromatic N) is 4. The summed E-state index contributed by atoms with van der Waals surface area (Å²) in [5, 5.41) is 11.5. The zero-order chi connectivity index (χ0) is 17.6. The maximum absolute atomic E-state index is 4.57. The molecular formula is C19H28N6. The monoisotopic (exact) mass is 340 g/mol. The summed E-state index contributed by atoms with van der Waals surface area (Å²) < 4.78 is 2.04. The molecule has 2 aromatic rings. The van der Waals surface area contributed by atoms with Crippen molar-refractivity contribution >= 4 is 5.96 Å². The maximum atomic E-state index is 4.57. The van der Waals surface area contributed by atoms with Gasteiger partial charge in [0, 0.05) is 32.5 Å². The summed E-state index contributed by atoms with van der Waals surface area (Å²) in [6.45, 7) is 5.92. The lowest BCUT2D eigenvalue weighted by atomic mass is 10.1. The first-order chi connectivity index (χ1) is 12.2. The summed E-state index contributed by atoms with van der Waals surface area (Å²) in [5.41, 5.74) is 2.63. The van der Waals surface area contributed by atoms with Crippen molar-refractivity contribution in [2.24, 2.45) is 4.99 Å². The summed E-state index contributed by atoms with van der Waals surface area (Å²) in [7, 11) is 1.82. The van der Waals surface area contributed by atoms with Crippen LogP contribution in [0, 0.1) is 6.92 Å². The van der Waals surface area contributed by atoms with Gasteiger partial charge in [-0.15, -0.1) is 0 Å². The summed E-state index contributed by atoms with van der Waals surface area (Å²) in [6, 6.07) is 9.03. The van der Waals surface area contributed by atoms with Crippen LogP contribution < -0.4 is 10.6 Å². The summed E-state index contributed by atoms with van der Waals surface area (Å²) in [6.07, 6.45) is 3.89. The lowest BCUT2D eigenvalue weighted by Crippen LogP contribution is -2.47. The number of aromatic nitrogens is 3. The Balaban J connectivity index is 1.48. The molecule has 1 aliphatic heterocycles. The fourth-order valence-corrected chi connectivity index (χ4v) is 3.10. The molecule has 1 unspecified atom stereocenters. The van der Waals surface area contributed by atoms with E-state index in [9.17, 15) is 0 Å².